The van der Waals surface area contributed by atoms with Crippen molar-refractivity contribution in [1.82, 2.24) is 4.98 Å². The Hall–Kier alpha value is -3.09. The average molecular weight is 408 g/mol. The predicted molar refractivity (Wildman–Crippen MR) is 102 cm³/mol. The number of hydrogen-bond donors (Lipinski definition) is 4. The highest BCUT2D eigenvalue weighted by Gasteiger charge is 2.30. The summed E-state index contributed by atoms with van der Waals surface area (Å²) in [5.74, 6) is -0.479. The molecule has 0 aliphatic heterocycles. The third kappa shape index (κ3) is 5.00. The fourth-order valence-corrected chi connectivity index (χ4v) is 3.34. The minimum Gasteiger partial charge on any atom is -0.385 e. The number of amidine groups is 1. The van der Waals surface area contributed by atoms with Crippen molar-refractivity contribution in [1.29, 1.82) is 5.41 Å². The van der Waals surface area contributed by atoms with Crippen LogP contribution in [0.2, 0.25) is 0 Å². The molecule has 0 aliphatic rings. The summed E-state index contributed by atoms with van der Waals surface area (Å²) in [5.41, 5.74) is 12.4. The van der Waals surface area contributed by atoms with Crippen molar-refractivity contribution in [2.24, 2.45) is 11.5 Å². The smallest absolute Gasteiger partial charge is 0.297 e. The number of nitro groups is 1. The van der Waals surface area contributed by atoms with Crippen molar-refractivity contribution >= 4 is 27.5 Å². The summed E-state index contributed by atoms with van der Waals surface area (Å²) in [6.45, 7) is 3.31. The maximum atomic E-state index is 12.4. The fourth-order valence-electron chi connectivity index (χ4n) is 2.27. The molecule has 2 atom stereocenters. The summed E-state index contributed by atoms with van der Waals surface area (Å²) >= 11 is 0. The van der Waals surface area contributed by atoms with Crippen LogP contribution in [0.1, 0.15) is 11.1 Å². The lowest BCUT2D eigenvalue weighted by Gasteiger charge is -2.24. The van der Waals surface area contributed by atoms with Gasteiger partial charge in [-0.3, -0.25) is 19.7 Å². The molecule has 2 aromatic rings. The van der Waals surface area contributed by atoms with E-state index in [4.69, 9.17) is 21.1 Å². The van der Waals surface area contributed by atoms with E-state index in [1.807, 2.05) is 0 Å². The third-order valence-corrected chi connectivity index (χ3v) is 5.08. The van der Waals surface area contributed by atoms with Gasteiger partial charge in [-0.25, -0.2) is 4.98 Å². The molecule has 0 aliphatic carbocycles. The van der Waals surface area contributed by atoms with Crippen LogP contribution in [0.25, 0.3) is 0 Å². The maximum absolute atomic E-state index is 12.4. The lowest BCUT2D eigenvalue weighted by Crippen LogP contribution is -2.51. The minimum absolute atomic E-state index is 0.110. The highest BCUT2D eigenvalue weighted by Crippen LogP contribution is 2.20. The molecule has 0 radical (unpaired) electrons. The Morgan fingerprint density at radius 1 is 1.32 bits per heavy atom. The quantitative estimate of drug-likeness (QED) is 0.123. The molecule has 12 heteroatoms. The van der Waals surface area contributed by atoms with Gasteiger partial charge in [0.1, 0.15) is 24.0 Å². The number of hydrogen-bond acceptors (Lipinski definition) is 9. The Morgan fingerprint density at radius 3 is 2.43 bits per heavy atom. The molecule has 1 heterocycles. The topological polar surface area (TPSA) is 187 Å². The molecule has 150 valence electrons. The summed E-state index contributed by atoms with van der Waals surface area (Å²) < 4.78 is 29.9. The molecule has 1 aromatic heterocycles. The monoisotopic (exact) mass is 408 g/mol. The van der Waals surface area contributed by atoms with Gasteiger partial charge in [-0.1, -0.05) is 17.7 Å². The lowest BCUT2D eigenvalue weighted by molar-refractivity contribution is -0.385. The van der Waals surface area contributed by atoms with Gasteiger partial charge in [0, 0.05) is 5.56 Å². The largest absolute Gasteiger partial charge is 0.385 e. The number of aromatic nitrogens is 1. The molecule has 0 saturated heterocycles. The number of benzene rings is 1. The van der Waals surface area contributed by atoms with E-state index in [1.54, 1.807) is 19.1 Å². The van der Waals surface area contributed by atoms with E-state index in [9.17, 15) is 18.5 Å². The molecule has 0 saturated carbocycles. The molecule has 0 bridgehead atoms. The Balaban J connectivity index is 2.21. The van der Waals surface area contributed by atoms with Gasteiger partial charge in [0.25, 0.3) is 15.8 Å². The van der Waals surface area contributed by atoms with Crippen LogP contribution in [0, 0.1) is 29.4 Å². The van der Waals surface area contributed by atoms with Crippen LogP contribution >= 0.6 is 0 Å². The van der Waals surface area contributed by atoms with Gasteiger partial charge in [-0.15, -0.1) is 0 Å². The van der Waals surface area contributed by atoms with Gasteiger partial charge < -0.3 is 16.8 Å². The van der Waals surface area contributed by atoms with Gasteiger partial charge >= 0.3 is 0 Å². The van der Waals surface area contributed by atoms with Crippen molar-refractivity contribution in [2.75, 3.05) is 5.32 Å². The lowest BCUT2D eigenvalue weighted by atomic mass is 10.2. The first kappa shape index (κ1) is 21.2. The second-order valence-electron chi connectivity index (χ2n) is 6.02. The van der Waals surface area contributed by atoms with Crippen LogP contribution < -0.4 is 16.8 Å². The zero-order chi connectivity index (χ0) is 21.1. The minimum atomic E-state index is -4.24. The van der Waals surface area contributed by atoms with Crippen LogP contribution in [-0.2, 0) is 14.3 Å². The van der Waals surface area contributed by atoms with Crippen molar-refractivity contribution in [3.05, 3.63) is 57.8 Å². The van der Waals surface area contributed by atoms with E-state index in [1.165, 1.54) is 25.1 Å². The number of nitrogens with two attached hydrogens (primary N) is 2. The van der Waals surface area contributed by atoms with E-state index < -0.39 is 33.1 Å². The number of rotatable bonds is 8. The van der Waals surface area contributed by atoms with Crippen LogP contribution in [0.4, 0.5) is 11.5 Å². The van der Waals surface area contributed by atoms with Crippen LogP contribution in [0.5, 0.6) is 0 Å². The van der Waals surface area contributed by atoms with Crippen molar-refractivity contribution in [3.63, 3.8) is 0 Å². The number of pyridine rings is 1. The van der Waals surface area contributed by atoms with Crippen LogP contribution in [0.3, 0.4) is 0 Å². The highest BCUT2D eigenvalue weighted by molar-refractivity contribution is 7.86. The zero-order valence-corrected chi connectivity index (χ0v) is 15.9. The molecule has 11 nitrogen and oxygen atoms in total. The van der Waals surface area contributed by atoms with E-state index in [0.29, 0.717) is 5.56 Å². The van der Waals surface area contributed by atoms with Gasteiger partial charge in [-0.2, -0.15) is 8.42 Å². The summed E-state index contributed by atoms with van der Waals surface area (Å²) in [6, 6.07) is 7.29. The van der Waals surface area contributed by atoms with Gasteiger partial charge in [0.05, 0.1) is 9.82 Å². The molecule has 0 spiro atoms. The molecule has 1 aromatic carbocycles. The van der Waals surface area contributed by atoms with Crippen LogP contribution in [-0.4, -0.2) is 36.4 Å². The van der Waals surface area contributed by atoms with E-state index in [-0.39, 0.29) is 16.4 Å². The van der Waals surface area contributed by atoms with Crippen LogP contribution in [0.15, 0.2) is 41.4 Å². The molecular weight excluding hydrogens is 388 g/mol. The fraction of sp³-hybridized carbons (Fsp3) is 0.250. The summed E-state index contributed by atoms with van der Waals surface area (Å²) in [5, 5.41) is 21.1. The molecule has 0 fully saturated rings. The molecule has 0 amide bonds. The summed E-state index contributed by atoms with van der Waals surface area (Å²) in [4.78, 5) is 14.0. The SMILES string of the molecule is Cc1ccc(S(=O)(=O)OC(C(=N)N)C(N)Nc2cc(C)c([N+](=O)[O-])cn2)cc1. The van der Waals surface area contributed by atoms with E-state index in [0.717, 1.165) is 11.8 Å². The van der Waals surface area contributed by atoms with Crippen molar-refractivity contribution in [2.45, 2.75) is 31.0 Å². The first-order valence-electron chi connectivity index (χ1n) is 7.98. The molecule has 2 rings (SSSR count). The Kier molecular flexibility index (Phi) is 6.28. The van der Waals surface area contributed by atoms with Gasteiger partial charge in [0.15, 0.2) is 6.10 Å². The third-order valence-electron chi connectivity index (χ3n) is 3.77. The summed E-state index contributed by atoms with van der Waals surface area (Å²) in [6.07, 6.45) is -1.74. The predicted octanol–water partition coefficient (Wildman–Crippen LogP) is 1.01. The van der Waals surface area contributed by atoms with Gasteiger partial charge in [-0.05, 0) is 32.0 Å². The second kappa shape index (κ2) is 8.29. The average Bonchev–Trinajstić information content (AvgIpc) is 2.59. The molecular formula is C16H20N6O5S. The van der Waals surface area contributed by atoms with E-state index in [2.05, 4.69) is 10.3 Å². The number of anilines is 1. The van der Waals surface area contributed by atoms with Crippen molar-refractivity contribution in [3.8, 4) is 0 Å². The van der Waals surface area contributed by atoms with Gasteiger partial charge in [0.2, 0.25) is 0 Å². The first-order chi connectivity index (χ1) is 13.0. The number of nitrogens with zero attached hydrogens (tertiary/aromatic N) is 2. The first-order valence-corrected chi connectivity index (χ1v) is 9.39. The molecule has 2 unspecified atom stereocenters. The normalized spacial score (nSPS) is 13.5. The second-order valence-corrected chi connectivity index (χ2v) is 7.59. The zero-order valence-electron chi connectivity index (χ0n) is 15.1. The number of aryl methyl sites for hydroxylation is 2. The Labute approximate surface area is 161 Å². The Morgan fingerprint density at radius 2 is 1.93 bits per heavy atom. The number of nitrogens with one attached hydrogen (secondary N) is 2. The standard InChI is InChI=1S/C16H20N6O5S/c1-9-3-5-11(6-4-9)28(25,26)27-14(15(17)18)16(19)21-13-7-10(2)12(8-20-13)22(23)24/h3-8,14,16H,19H2,1-2H3,(H3,17,18)(H,20,21). The molecule has 28 heavy (non-hydrogen) atoms. The highest BCUT2D eigenvalue weighted by atomic mass is 32.2. The van der Waals surface area contributed by atoms with E-state index >= 15 is 0 Å². The molecule has 6 N–H and O–H groups in total. The summed E-state index contributed by atoms with van der Waals surface area (Å²) in [7, 11) is -4.24. The maximum Gasteiger partial charge on any atom is 0.297 e. The Bertz CT molecular complexity index is 993. The van der Waals surface area contributed by atoms with Crippen molar-refractivity contribution < 1.29 is 17.5 Å².